The van der Waals surface area contributed by atoms with Crippen molar-refractivity contribution in [3.63, 3.8) is 0 Å². The number of ether oxygens (including phenoxy) is 1. The third-order valence-electron chi connectivity index (χ3n) is 6.23. The van der Waals surface area contributed by atoms with Crippen LogP contribution in [0.5, 0.6) is 0 Å². The van der Waals surface area contributed by atoms with Crippen molar-refractivity contribution >= 4 is 11.9 Å². The molecule has 188 valence electrons. The third kappa shape index (κ3) is 5.30. The Bertz CT molecular complexity index is 1370. The van der Waals surface area contributed by atoms with E-state index in [-0.39, 0.29) is 31.4 Å². The van der Waals surface area contributed by atoms with Crippen molar-refractivity contribution in [3.05, 3.63) is 91.8 Å². The van der Waals surface area contributed by atoms with Crippen LogP contribution in [0.25, 0.3) is 5.69 Å². The Hall–Kier alpha value is -4.01. The fourth-order valence-electron chi connectivity index (χ4n) is 4.56. The summed E-state index contributed by atoms with van der Waals surface area (Å²) in [6.45, 7) is 6.32. The number of benzene rings is 2. The minimum atomic E-state index is -0.757. The van der Waals surface area contributed by atoms with E-state index in [1.165, 1.54) is 4.90 Å². The second kappa shape index (κ2) is 10.7. The maximum absolute atomic E-state index is 13.6. The average molecular weight is 491 g/mol. The number of esters is 1. The van der Waals surface area contributed by atoms with E-state index in [0.29, 0.717) is 25.1 Å². The lowest BCUT2D eigenvalue weighted by Gasteiger charge is -2.31. The van der Waals surface area contributed by atoms with Crippen LogP contribution in [0.3, 0.4) is 0 Å². The van der Waals surface area contributed by atoms with Gasteiger partial charge in [0, 0.05) is 13.1 Å². The van der Waals surface area contributed by atoms with E-state index in [2.05, 4.69) is 5.10 Å². The molecule has 3 aromatic rings. The van der Waals surface area contributed by atoms with Crippen molar-refractivity contribution in [2.24, 2.45) is 5.92 Å². The highest BCUT2D eigenvalue weighted by Gasteiger charge is 2.32. The van der Waals surface area contributed by atoms with Crippen LogP contribution in [0, 0.1) is 19.8 Å². The highest BCUT2D eigenvalue weighted by atomic mass is 16.5. The standard InChI is InChI=1S/C27H30N4O5/c1-4-36-26(34)21-11-8-12-29(17-21)24(32)23-25(33)30(16-20-9-6-5-7-10-20)27(35)31(28-23)22-14-18(2)13-19(3)15-22/h5-7,9-10,13-15,21H,4,8,11-12,16-17H2,1-3H3. The summed E-state index contributed by atoms with van der Waals surface area (Å²) in [6.07, 6.45) is 1.21. The Morgan fingerprint density at radius 3 is 2.42 bits per heavy atom. The molecule has 9 nitrogen and oxygen atoms in total. The van der Waals surface area contributed by atoms with E-state index in [0.717, 1.165) is 25.9 Å². The first-order valence-electron chi connectivity index (χ1n) is 12.1. The summed E-state index contributed by atoms with van der Waals surface area (Å²) in [4.78, 5) is 54.2. The molecule has 0 aliphatic carbocycles. The molecule has 0 saturated carbocycles. The number of aryl methyl sites for hydroxylation is 2. The molecule has 0 N–H and O–H groups in total. The van der Waals surface area contributed by atoms with Crippen molar-refractivity contribution in [2.45, 2.75) is 40.2 Å². The first kappa shape index (κ1) is 25.1. The monoisotopic (exact) mass is 490 g/mol. The molecule has 0 spiro atoms. The number of rotatable bonds is 6. The summed E-state index contributed by atoms with van der Waals surface area (Å²) in [5, 5.41) is 4.27. The minimum absolute atomic E-state index is 0.00243. The van der Waals surface area contributed by atoms with Crippen LogP contribution in [0.4, 0.5) is 0 Å². The largest absolute Gasteiger partial charge is 0.466 e. The topological polar surface area (TPSA) is 104 Å². The number of nitrogens with zero attached hydrogens (tertiary/aromatic N) is 4. The number of amides is 1. The molecule has 1 unspecified atom stereocenters. The first-order valence-corrected chi connectivity index (χ1v) is 12.1. The molecular formula is C27H30N4O5. The van der Waals surface area contributed by atoms with Crippen LogP contribution in [-0.4, -0.2) is 50.8 Å². The first-order chi connectivity index (χ1) is 17.3. The van der Waals surface area contributed by atoms with Gasteiger partial charge in [-0.05, 0) is 62.4 Å². The summed E-state index contributed by atoms with van der Waals surface area (Å²) in [7, 11) is 0. The second-order valence-corrected chi connectivity index (χ2v) is 9.11. The summed E-state index contributed by atoms with van der Waals surface area (Å²) < 4.78 is 7.29. The second-order valence-electron chi connectivity index (χ2n) is 9.11. The van der Waals surface area contributed by atoms with Crippen LogP contribution in [0.15, 0.2) is 58.1 Å². The Morgan fingerprint density at radius 2 is 1.75 bits per heavy atom. The number of aromatic nitrogens is 3. The smallest absolute Gasteiger partial charge is 0.352 e. The summed E-state index contributed by atoms with van der Waals surface area (Å²) in [5.74, 6) is -1.42. The van der Waals surface area contributed by atoms with Crippen LogP contribution in [0.1, 0.15) is 46.9 Å². The number of carbonyl (C=O) groups is 2. The van der Waals surface area contributed by atoms with Crippen LogP contribution in [-0.2, 0) is 16.1 Å². The zero-order chi connectivity index (χ0) is 25.8. The molecule has 2 heterocycles. The molecule has 0 radical (unpaired) electrons. The van der Waals surface area contributed by atoms with Crippen molar-refractivity contribution in [2.75, 3.05) is 19.7 Å². The number of hydrogen-bond acceptors (Lipinski definition) is 6. The summed E-state index contributed by atoms with van der Waals surface area (Å²) >= 11 is 0. The molecule has 1 aromatic heterocycles. The quantitative estimate of drug-likeness (QED) is 0.492. The van der Waals surface area contributed by atoms with Crippen molar-refractivity contribution in [3.8, 4) is 5.69 Å². The fraction of sp³-hybridized carbons (Fsp3) is 0.370. The highest BCUT2D eigenvalue weighted by molar-refractivity contribution is 5.92. The van der Waals surface area contributed by atoms with Crippen LogP contribution < -0.4 is 11.2 Å². The maximum Gasteiger partial charge on any atom is 0.352 e. The lowest BCUT2D eigenvalue weighted by Crippen LogP contribution is -2.49. The van der Waals surface area contributed by atoms with E-state index in [9.17, 15) is 19.2 Å². The predicted octanol–water partition coefficient (Wildman–Crippen LogP) is 2.47. The number of likely N-dealkylation sites (tertiary alicyclic amines) is 1. The van der Waals surface area contributed by atoms with E-state index < -0.39 is 23.1 Å². The van der Waals surface area contributed by atoms with Crippen molar-refractivity contribution in [1.29, 1.82) is 0 Å². The molecule has 1 aliphatic rings. The number of piperidine rings is 1. The molecule has 1 amide bonds. The lowest BCUT2D eigenvalue weighted by atomic mass is 9.98. The Morgan fingerprint density at radius 1 is 1.06 bits per heavy atom. The van der Waals surface area contributed by atoms with Crippen LogP contribution >= 0.6 is 0 Å². The Labute approximate surface area is 208 Å². The maximum atomic E-state index is 13.6. The average Bonchev–Trinajstić information content (AvgIpc) is 2.86. The van der Waals surface area contributed by atoms with Gasteiger partial charge in [-0.3, -0.25) is 19.0 Å². The van der Waals surface area contributed by atoms with Crippen LogP contribution in [0.2, 0.25) is 0 Å². The van der Waals surface area contributed by atoms with E-state index >= 15 is 0 Å². The number of hydrogen-bond donors (Lipinski definition) is 0. The molecule has 0 bridgehead atoms. The van der Waals surface area contributed by atoms with Crippen molar-refractivity contribution in [1.82, 2.24) is 19.2 Å². The molecule has 9 heteroatoms. The Balaban J connectivity index is 1.81. The zero-order valence-electron chi connectivity index (χ0n) is 20.8. The molecular weight excluding hydrogens is 460 g/mol. The molecule has 1 atom stereocenters. The van der Waals surface area contributed by atoms with E-state index in [1.807, 2.05) is 50.2 Å². The van der Waals surface area contributed by atoms with Gasteiger partial charge in [-0.2, -0.15) is 9.78 Å². The van der Waals surface area contributed by atoms with Gasteiger partial charge < -0.3 is 9.64 Å². The normalized spacial score (nSPS) is 15.5. The van der Waals surface area contributed by atoms with Gasteiger partial charge in [0.1, 0.15) is 0 Å². The highest BCUT2D eigenvalue weighted by Crippen LogP contribution is 2.19. The molecule has 1 fully saturated rings. The van der Waals surface area contributed by atoms with E-state index in [1.54, 1.807) is 19.1 Å². The summed E-state index contributed by atoms with van der Waals surface area (Å²) in [6, 6.07) is 14.6. The van der Waals surface area contributed by atoms with Gasteiger partial charge in [-0.15, -0.1) is 0 Å². The van der Waals surface area contributed by atoms with Gasteiger partial charge in [0.25, 0.3) is 11.5 Å². The van der Waals surface area contributed by atoms with Gasteiger partial charge in [-0.1, -0.05) is 36.4 Å². The van der Waals surface area contributed by atoms with Gasteiger partial charge in [0.2, 0.25) is 5.69 Å². The molecule has 4 rings (SSSR count). The molecule has 36 heavy (non-hydrogen) atoms. The molecule has 1 aliphatic heterocycles. The Kier molecular flexibility index (Phi) is 7.47. The zero-order valence-corrected chi connectivity index (χ0v) is 20.8. The fourth-order valence-corrected chi connectivity index (χ4v) is 4.56. The molecule has 1 saturated heterocycles. The van der Waals surface area contributed by atoms with Gasteiger partial charge in [-0.25, -0.2) is 4.79 Å². The molecule has 2 aromatic carbocycles. The van der Waals surface area contributed by atoms with Gasteiger partial charge in [0.05, 0.1) is 24.8 Å². The van der Waals surface area contributed by atoms with Gasteiger partial charge in [0.15, 0.2) is 0 Å². The minimum Gasteiger partial charge on any atom is -0.466 e. The summed E-state index contributed by atoms with van der Waals surface area (Å²) in [5.41, 5.74) is 1.31. The van der Waals surface area contributed by atoms with Crippen molar-refractivity contribution < 1.29 is 14.3 Å². The lowest BCUT2D eigenvalue weighted by molar-refractivity contribution is -0.149. The predicted molar refractivity (Wildman–Crippen MR) is 134 cm³/mol. The van der Waals surface area contributed by atoms with Gasteiger partial charge >= 0.3 is 11.7 Å². The van der Waals surface area contributed by atoms with E-state index in [4.69, 9.17) is 4.74 Å². The SMILES string of the molecule is CCOC(=O)C1CCCN(C(=O)c2nn(-c3cc(C)cc(C)c3)c(=O)n(Cc3ccccc3)c2=O)C1. The number of carbonyl (C=O) groups excluding carboxylic acids is 2. The third-order valence-corrected chi connectivity index (χ3v) is 6.23.